The summed E-state index contributed by atoms with van der Waals surface area (Å²) in [6.45, 7) is 0.115. The van der Waals surface area contributed by atoms with E-state index in [0.717, 1.165) is 6.07 Å². The van der Waals surface area contributed by atoms with Crippen molar-refractivity contribution in [2.45, 2.75) is 18.6 Å². The second kappa shape index (κ2) is 7.48. The smallest absolute Gasteiger partial charge is 0.354 e. The first kappa shape index (κ1) is 18.0. The molecule has 1 heterocycles. The molecular formula is C16H19F3N4O. The van der Waals surface area contributed by atoms with Gasteiger partial charge in [-0.1, -0.05) is 18.2 Å². The molecule has 1 atom stereocenters. The van der Waals surface area contributed by atoms with E-state index < -0.39 is 17.8 Å². The first-order chi connectivity index (χ1) is 11.3. The summed E-state index contributed by atoms with van der Waals surface area (Å²) in [6.07, 6.45) is -1.02. The first-order valence-electron chi connectivity index (χ1n) is 7.41. The van der Waals surface area contributed by atoms with Gasteiger partial charge in [0.05, 0.1) is 11.8 Å². The Hall–Kier alpha value is -2.35. The second-order valence-corrected chi connectivity index (χ2v) is 5.36. The number of nitrogens with zero attached hydrogens (tertiary/aromatic N) is 2. The fourth-order valence-electron chi connectivity index (χ4n) is 2.48. The highest BCUT2D eigenvalue weighted by Crippen LogP contribution is 2.31. The lowest BCUT2D eigenvalue weighted by molar-refractivity contribution is -0.138. The molecule has 0 saturated heterocycles. The molecule has 0 spiro atoms. The van der Waals surface area contributed by atoms with E-state index in [2.05, 4.69) is 15.7 Å². The summed E-state index contributed by atoms with van der Waals surface area (Å²) in [6, 6.07) is 4.77. The summed E-state index contributed by atoms with van der Waals surface area (Å²) >= 11 is 0. The molecule has 2 N–H and O–H groups in total. The van der Waals surface area contributed by atoms with E-state index in [1.807, 2.05) is 0 Å². The van der Waals surface area contributed by atoms with Crippen LogP contribution in [0.4, 0.5) is 13.2 Å². The van der Waals surface area contributed by atoms with Crippen molar-refractivity contribution >= 4 is 5.91 Å². The van der Waals surface area contributed by atoms with E-state index in [-0.39, 0.29) is 24.4 Å². The van der Waals surface area contributed by atoms with Crippen molar-refractivity contribution in [3.63, 3.8) is 0 Å². The molecule has 5 nitrogen and oxygen atoms in total. The third kappa shape index (κ3) is 4.35. The lowest BCUT2D eigenvalue weighted by Gasteiger charge is -2.16. The SMILES string of the molecule is CNC(C(=O)NCCc1ccccc1C(F)(F)F)c1cnn(C)c1. The first-order valence-corrected chi connectivity index (χ1v) is 7.41. The quantitative estimate of drug-likeness (QED) is 0.846. The van der Waals surface area contributed by atoms with Crippen molar-refractivity contribution < 1.29 is 18.0 Å². The third-order valence-electron chi connectivity index (χ3n) is 3.63. The summed E-state index contributed by atoms with van der Waals surface area (Å²) in [5, 5.41) is 9.54. The van der Waals surface area contributed by atoms with E-state index >= 15 is 0 Å². The Labute approximate surface area is 137 Å². The molecule has 0 aliphatic rings. The lowest BCUT2D eigenvalue weighted by atomic mass is 10.0. The van der Waals surface area contributed by atoms with Crippen molar-refractivity contribution in [2.24, 2.45) is 7.05 Å². The number of rotatable bonds is 6. The fourth-order valence-corrected chi connectivity index (χ4v) is 2.48. The number of aromatic nitrogens is 2. The van der Waals surface area contributed by atoms with Gasteiger partial charge in [0.25, 0.3) is 0 Å². The zero-order valence-electron chi connectivity index (χ0n) is 13.4. The van der Waals surface area contributed by atoms with Gasteiger partial charge in [0.1, 0.15) is 6.04 Å². The van der Waals surface area contributed by atoms with Gasteiger partial charge in [0.2, 0.25) is 5.91 Å². The van der Waals surface area contributed by atoms with E-state index in [0.29, 0.717) is 5.56 Å². The van der Waals surface area contributed by atoms with Crippen LogP contribution in [-0.2, 0) is 24.4 Å². The maximum Gasteiger partial charge on any atom is 0.416 e. The molecule has 0 aliphatic carbocycles. The highest BCUT2D eigenvalue weighted by Gasteiger charge is 2.32. The Morgan fingerprint density at radius 1 is 1.33 bits per heavy atom. The number of likely N-dealkylation sites (N-methyl/N-ethyl adjacent to an activating group) is 1. The molecule has 1 amide bonds. The second-order valence-electron chi connectivity index (χ2n) is 5.36. The monoisotopic (exact) mass is 340 g/mol. The molecule has 0 aliphatic heterocycles. The van der Waals surface area contributed by atoms with Crippen LogP contribution in [0, 0.1) is 0 Å². The molecule has 2 aromatic rings. The van der Waals surface area contributed by atoms with Crippen LogP contribution >= 0.6 is 0 Å². The summed E-state index contributed by atoms with van der Waals surface area (Å²) in [5.74, 6) is -0.310. The van der Waals surface area contributed by atoms with Crippen LogP contribution in [0.1, 0.15) is 22.7 Å². The Morgan fingerprint density at radius 3 is 2.62 bits per heavy atom. The predicted octanol–water partition coefficient (Wildman–Crippen LogP) is 2.06. The van der Waals surface area contributed by atoms with Crippen LogP contribution in [0.5, 0.6) is 0 Å². The van der Waals surface area contributed by atoms with Crippen LogP contribution in [-0.4, -0.2) is 29.3 Å². The standard InChI is InChI=1S/C16H19F3N4O/c1-20-14(12-9-22-23(2)10-12)15(24)21-8-7-11-5-3-4-6-13(11)16(17,18)19/h3-6,9-10,14,20H,7-8H2,1-2H3,(H,21,24). The van der Waals surface area contributed by atoms with Gasteiger partial charge in [0, 0.05) is 25.4 Å². The van der Waals surface area contributed by atoms with Crippen LogP contribution in [0.3, 0.4) is 0 Å². The number of aryl methyl sites for hydroxylation is 1. The van der Waals surface area contributed by atoms with E-state index in [1.54, 1.807) is 37.2 Å². The minimum absolute atomic E-state index is 0.102. The minimum atomic E-state index is -4.40. The highest BCUT2D eigenvalue weighted by molar-refractivity contribution is 5.83. The van der Waals surface area contributed by atoms with E-state index in [1.165, 1.54) is 12.1 Å². The summed E-state index contributed by atoms with van der Waals surface area (Å²) in [4.78, 5) is 12.2. The molecule has 1 aromatic heterocycles. The molecule has 0 saturated carbocycles. The molecule has 130 valence electrons. The average Bonchev–Trinajstić information content (AvgIpc) is 2.94. The van der Waals surface area contributed by atoms with Crippen LogP contribution in [0.15, 0.2) is 36.7 Å². The molecule has 2 rings (SSSR count). The maximum absolute atomic E-state index is 12.9. The van der Waals surface area contributed by atoms with Gasteiger partial charge in [-0.15, -0.1) is 0 Å². The molecule has 0 fully saturated rings. The van der Waals surface area contributed by atoms with Gasteiger partial charge >= 0.3 is 6.18 Å². The molecule has 0 bridgehead atoms. The number of carbonyl (C=O) groups is 1. The molecular weight excluding hydrogens is 321 g/mol. The van der Waals surface area contributed by atoms with Gasteiger partial charge in [0.15, 0.2) is 0 Å². The molecule has 24 heavy (non-hydrogen) atoms. The number of hydrogen-bond acceptors (Lipinski definition) is 3. The van der Waals surface area contributed by atoms with Gasteiger partial charge in [-0.2, -0.15) is 18.3 Å². The Balaban J connectivity index is 1.98. The van der Waals surface area contributed by atoms with Gasteiger partial charge in [-0.25, -0.2) is 0 Å². The largest absolute Gasteiger partial charge is 0.416 e. The lowest BCUT2D eigenvalue weighted by Crippen LogP contribution is -2.37. The topological polar surface area (TPSA) is 59.0 Å². The minimum Gasteiger partial charge on any atom is -0.354 e. The van der Waals surface area contributed by atoms with Crippen molar-refractivity contribution in [3.05, 3.63) is 53.3 Å². The molecule has 8 heteroatoms. The Morgan fingerprint density at radius 2 is 2.04 bits per heavy atom. The van der Waals surface area contributed by atoms with Crippen LogP contribution in [0.25, 0.3) is 0 Å². The third-order valence-corrected chi connectivity index (χ3v) is 3.63. The number of hydrogen-bond donors (Lipinski definition) is 2. The fraction of sp³-hybridized carbons (Fsp3) is 0.375. The zero-order valence-corrected chi connectivity index (χ0v) is 13.4. The molecule has 0 radical (unpaired) electrons. The van der Waals surface area contributed by atoms with Gasteiger partial charge in [-0.3, -0.25) is 9.48 Å². The number of alkyl halides is 3. The number of carbonyl (C=O) groups excluding carboxylic acids is 1. The average molecular weight is 340 g/mol. The van der Waals surface area contributed by atoms with Crippen LogP contribution < -0.4 is 10.6 Å². The number of benzene rings is 1. The summed E-state index contributed by atoms with van der Waals surface area (Å²) in [5.41, 5.74) is 0.178. The summed E-state index contributed by atoms with van der Waals surface area (Å²) in [7, 11) is 3.37. The maximum atomic E-state index is 12.9. The Kier molecular flexibility index (Phi) is 5.61. The highest BCUT2D eigenvalue weighted by atomic mass is 19.4. The predicted molar refractivity (Wildman–Crippen MR) is 83.2 cm³/mol. The van der Waals surface area contributed by atoms with Crippen molar-refractivity contribution in [1.29, 1.82) is 0 Å². The van der Waals surface area contributed by atoms with E-state index in [4.69, 9.17) is 0 Å². The van der Waals surface area contributed by atoms with Crippen molar-refractivity contribution in [2.75, 3.05) is 13.6 Å². The number of amides is 1. The number of nitrogens with one attached hydrogen (secondary N) is 2. The van der Waals surface area contributed by atoms with Crippen molar-refractivity contribution in [3.8, 4) is 0 Å². The van der Waals surface area contributed by atoms with Crippen LogP contribution in [0.2, 0.25) is 0 Å². The summed E-state index contributed by atoms with van der Waals surface area (Å²) < 4.78 is 40.4. The van der Waals surface area contributed by atoms with E-state index in [9.17, 15) is 18.0 Å². The van der Waals surface area contributed by atoms with Gasteiger partial charge < -0.3 is 10.6 Å². The molecule has 1 aromatic carbocycles. The molecule has 1 unspecified atom stereocenters. The number of halogens is 3. The Bertz CT molecular complexity index is 697. The normalized spacial score (nSPS) is 12.9. The zero-order chi connectivity index (χ0) is 17.7. The van der Waals surface area contributed by atoms with Crippen molar-refractivity contribution in [1.82, 2.24) is 20.4 Å². The van der Waals surface area contributed by atoms with Gasteiger partial charge in [-0.05, 0) is 25.1 Å².